The molecule has 1 amide bonds. The van der Waals surface area contributed by atoms with Gasteiger partial charge >= 0.3 is 6.09 Å². The summed E-state index contributed by atoms with van der Waals surface area (Å²) in [6.07, 6.45) is -0.694. The molecule has 5 N–H and O–H groups in total. The average molecular weight is 320 g/mol. The maximum Gasteiger partial charge on any atom is 0.412 e. The molecule has 122 valence electrons. The van der Waals surface area contributed by atoms with Gasteiger partial charge in [-0.05, 0) is 39.0 Å². The van der Waals surface area contributed by atoms with E-state index in [1.54, 1.807) is 26.8 Å². The Bertz CT molecular complexity index is 687. The van der Waals surface area contributed by atoms with Crippen LogP contribution >= 0.6 is 0 Å². The van der Waals surface area contributed by atoms with Gasteiger partial charge in [-0.3, -0.25) is 16.2 Å². The highest BCUT2D eigenvalue weighted by atomic mass is 19.1. The highest BCUT2D eigenvalue weighted by molar-refractivity contribution is 6.45. The van der Waals surface area contributed by atoms with Crippen LogP contribution in [0.4, 0.5) is 20.6 Å². The summed E-state index contributed by atoms with van der Waals surface area (Å²) in [6, 6.07) is 5.29. The van der Waals surface area contributed by atoms with E-state index in [1.165, 1.54) is 12.1 Å². The van der Waals surface area contributed by atoms with Crippen molar-refractivity contribution in [3.05, 3.63) is 24.0 Å². The Balaban J connectivity index is 2.90. The standard InChI is InChI=1S/C14H17FN6O2/c1-14(2,3)23-13(22)19-8-4-5-9(15)10(6-8)20-21-11(7-16)12(17)18/h4-6,20H,1-3H3,(H3,17,18)(H,19,22)/b21-11+. The summed E-state index contributed by atoms with van der Waals surface area (Å²) in [7, 11) is 0. The Morgan fingerprint density at radius 3 is 2.65 bits per heavy atom. The zero-order chi connectivity index (χ0) is 17.6. The molecule has 0 bridgehead atoms. The summed E-state index contributed by atoms with van der Waals surface area (Å²) in [5.74, 6) is -1.22. The maximum absolute atomic E-state index is 13.7. The zero-order valence-electron chi connectivity index (χ0n) is 12.9. The van der Waals surface area contributed by atoms with E-state index in [0.717, 1.165) is 6.07 Å². The monoisotopic (exact) mass is 320 g/mol. The van der Waals surface area contributed by atoms with E-state index in [4.69, 9.17) is 21.1 Å². The van der Waals surface area contributed by atoms with Gasteiger partial charge in [0.05, 0.1) is 5.69 Å². The SMILES string of the molecule is CC(C)(C)OC(=O)Nc1ccc(F)c(N/N=C(\C#N)C(=N)N)c1. The third-order valence-electron chi connectivity index (χ3n) is 2.26. The Kier molecular flexibility index (Phi) is 5.62. The number of rotatable bonds is 4. The molecule has 0 aromatic heterocycles. The predicted molar refractivity (Wildman–Crippen MR) is 84.8 cm³/mol. The molecule has 0 aliphatic carbocycles. The van der Waals surface area contributed by atoms with E-state index in [-0.39, 0.29) is 11.4 Å². The van der Waals surface area contributed by atoms with E-state index in [0.29, 0.717) is 0 Å². The van der Waals surface area contributed by atoms with Gasteiger partial charge in [0.2, 0.25) is 5.71 Å². The lowest BCUT2D eigenvalue weighted by Gasteiger charge is -2.19. The number of hydrogen-bond acceptors (Lipinski definition) is 6. The van der Waals surface area contributed by atoms with Crippen molar-refractivity contribution in [2.75, 3.05) is 10.7 Å². The summed E-state index contributed by atoms with van der Waals surface area (Å²) in [6.45, 7) is 5.14. The van der Waals surface area contributed by atoms with Crippen LogP contribution in [-0.4, -0.2) is 23.2 Å². The summed E-state index contributed by atoms with van der Waals surface area (Å²) in [5, 5.41) is 21.8. The molecule has 8 nitrogen and oxygen atoms in total. The predicted octanol–water partition coefficient (Wildman–Crippen LogP) is 2.40. The second-order valence-electron chi connectivity index (χ2n) is 5.42. The maximum atomic E-state index is 13.7. The van der Waals surface area contributed by atoms with Crippen LogP contribution in [0.5, 0.6) is 0 Å². The van der Waals surface area contributed by atoms with Gasteiger partial charge in [-0.1, -0.05) is 0 Å². The number of amidine groups is 1. The number of nitrogens with two attached hydrogens (primary N) is 1. The first-order valence-corrected chi connectivity index (χ1v) is 6.50. The molecule has 1 rings (SSSR count). The molecule has 0 saturated heterocycles. The van der Waals surface area contributed by atoms with Gasteiger partial charge in [0, 0.05) is 5.69 Å². The van der Waals surface area contributed by atoms with Crippen LogP contribution in [0, 0.1) is 22.6 Å². The van der Waals surface area contributed by atoms with Crippen molar-refractivity contribution in [1.82, 2.24) is 0 Å². The molecule has 9 heteroatoms. The fourth-order valence-corrected chi connectivity index (χ4v) is 1.37. The summed E-state index contributed by atoms with van der Waals surface area (Å²) >= 11 is 0. The van der Waals surface area contributed by atoms with Crippen molar-refractivity contribution in [2.45, 2.75) is 26.4 Å². The molecule has 23 heavy (non-hydrogen) atoms. The Morgan fingerprint density at radius 2 is 2.13 bits per heavy atom. The number of nitrogens with one attached hydrogen (secondary N) is 3. The molecule has 0 saturated carbocycles. The second-order valence-corrected chi connectivity index (χ2v) is 5.42. The highest BCUT2D eigenvalue weighted by Gasteiger charge is 2.16. The third kappa shape index (κ3) is 6.01. The smallest absolute Gasteiger partial charge is 0.412 e. The van der Waals surface area contributed by atoms with Gasteiger partial charge in [0.25, 0.3) is 0 Å². The minimum atomic E-state index is -0.694. The van der Waals surface area contributed by atoms with Gasteiger partial charge < -0.3 is 10.5 Å². The Labute approximate surface area is 132 Å². The lowest BCUT2D eigenvalue weighted by Crippen LogP contribution is -2.27. The van der Waals surface area contributed by atoms with Crippen LogP contribution < -0.4 is 16.5 Å². The number of ether oxygens (including phenoxy) is 1. The number of halogens is 1. The van der Waals surface area contributed by atoms with Crippen molar-refractivity contribution >= 4 is 29.0 Å². The fourth-order valence-electron chi connectivity index (χ4n) is 1.37. The fraction of sp³-hybridized carbons (Fsp3) is 0.286. The van der Waals surface area contributed by atoms with E-state index in [9.17, 15) is 9.18 Å². The van der Waals surface area contributed by atoms with E-state index >= 15 is 0 Å². The number of carbonyl (C=O) groups excluding carboxylic acids is 1. The van der Waals surface area contributed by atoms with Crippen molar-refractivity contribution in [3.63, 3.8) is 0 Å². The minimum absolute atomic E-state index is 0.104. The summed E-state index contributed by atoms with van der Waals surface area (Å²) < 4.78 is 18.8. The summed E-state index contributed by atoms with van der Waals surface area (Å²) in [5.41, 5.74) is 6.51. The van der Waals surface area contributed by atoms with Crippen LogP contribution in [0.15, 0.2) is 23.3 Å². The average Bonchev–Trinajstić information content (AvgIpc) is 2.40. The number of nitriles is 1. The van der Waals surface area contributed by atoms with Crippen molar-refractivity contribution in [2.24, 2.45) is 10.8 Å². The first-order chi connectivity index (χ1) is 10.6. The molecular formula is C14H17FN6O2. The van der Waals surface area contributed by atoms with E-state index < -0.39 is 29.1 Å². The molecule has 0 radical (unpaired) electrons. The van der Waals surface area contributed by atoms with Crippen molar-refractivity contribution in [1.29, 1.82) is 10.7 Å². The molecule has 0 aliphatic heterocycles. The normalized spacial score (nSPS) is 11.3. The minimum Gasteiger partial charge on any atom is -0.444 e. The topological polar surface area (TPSA) is 136 Å². The van der Waals surface area contributed by atoms with Crippen LogP contribution in [0.2, 0.25) is 0 Å². The number of carbonyl (C=O) groups is 1. The molecule has 0 atom stereocenters. The van der Waals surface area contributed by atoms with Crippen LogP contribution in [0.1, 0.15) is 20.8 Å². The van der Waals surface area contributed by atoms with Gasteiger partial charge in [-0.2, -0.15) is 10.4 Å². The third-order valence-corrected chi connectivity index (χ3v) is 2.26. The Morgan fingerprint density at radius 1 is 1.48 bits per heavy atom. The molecule has 0 aliphatic rings. The largest absolute Gasteiger partial charge is 0.444 e. The quantitative estimate of drug-likeness (QED) is 0.383. The number of nitrogens with zero attached hydrogens (tertiary/aromatic N) is 2. The lowest BCUT2D eigenvalue weighted by atomic mass is 10.2. The van der Waals surface area contributed by atoms with E-state index in [2.05, 4.69) is 15.8 Å². The summed E-state index contributed by atoms with van der Waals surface area (Å²) in [4.78, 5) is 11.7. The lowest BCUT2D eigenvalue weighted by molar-refractivity contribution is 0.0636. The molecule has 1 aromatic carbocycles. The molecule has 0 unspecified atom stereocenters. The van der Waals surface area contributed by atoms with E-state index in [1.807, 2.05) is 0 Å². The first-order valence-electron chi connectivity index (χ1n) is 6.50. The number of hydrazone groups is 1. The van der Waals surface area contributed by atoms with Crippen LogP contribution in [-0.2, 0) is 4.74 Å². The molecule has 0 fully saturated rings. The van der Waals surface area contributed by atoms with Gasteiger partial charge in [-0.15, -0.1) is 0 Å². The van der Waals surface area contributed by atoms with Crippen LogP contribution in [0.3, 0.4) is 0 Å². The molecule has 0 heterocycles. The number of hydrogen-bond donors (Lipinski definition) is 4. The van der Waals surface area contributed by atoms with Gasteiger partial charge in [0.15, 0.2) is 5.84 Å². The second kappa shape index (κ2) is 7.22. The zero-order valence-corrected chi connectivity index (χ0v) is 12.9. The number of anilines is 2. The van der Waals surface area contributed by atoms with Gasteiger partial charge in [0.1, 0.15) is 17.5 Å². The van der Waals surface area contributed by atoms with Crippen molar-refractivity contribution < 1.29 is 13.9 Å². The molecular weight excluding hydrogens is 303 g/mol. The molecule has 0 spiro atoms. The Hall–Kier alpha value is -3.15. The van der Waals surface area contributed by atoms with Crippen LogP contribution in [0.25, 0.3) is 0 Å². The van der Waals surface area contributed by atoms with Gasteiger partial charge in [-0.25, -0.2) is 9.18 Å². The first kappa shape index (κ1) is 17.9. The van der Waals surface area contributed by atoms with Crippen molar-refractivity contribution in [3.8, 4) is 6.07 Å². The number of benzene rings is 1. The highest BCUT2D eigenvalue weighted by Crippen LogP contribution is 2.20. The molecule has 1 aromatic rings. The number of amides is 1.